The number of carbonyl (C=O) groups excluding carboxylic acids is 1. The highest BCUT2D eigenvalue weighted by molar-refractivity contribution is 5.80. The van der Waals surface area contributed by atoms with E-state index in [4.69, 9.17) is 5.10 Å². The molecule has 1 saturated carbocycles. The highest BCUT2D eigenvalue weighted by atomic mass is 16.2. The second-order valence-corrected chi connectivity index (χ2v) is 7.72. The van der Waals surface area contributed by atoms with Crippen LogP contribution in [0.4, 0.5) is 0 Å². The largest absolute Gasteiger partial charge is 0.334 e. The molecule has 1 aliphatic carbocycles. The average molecular weight is 352 g/mol. The van der Waals surface area contributed by atoms with Gasteiger partial charge in [0, 0.05) is 43.7 Å². The van der Waals surface area contributed by atoms with Crippen LogP contribution in [0.2, 0.25) is 0 Å². The number of likely N-dealkylation sites (tertiary alicyclic amines) is 1. The Kier molecular flexibility index (Phi) is 5.05. The zero-order valence-electron chi connectivity index (χ0n) is 15.6. The van der Waals surface area contributed by atoms with Gasteiger partial charge in [0.2, 0.25) is 5.91 Å². The second kappa shape index (κ2) is 7.60. The van der Waals surface area contributed by atoms with Gasteiger partial charge < -0.3 is 4.90 Å². The van der Waals surface area contributed by atoms with E-state index < -0.39 is 0 Å². The molecule has 0 N–H and O–H groups in total. The third-order valence-corrected chi connectivity index (χ3v) is 5.90. The van der Waals surface area contributed by atoms with Crippen molar-refractivity contribution < 1.29 is 4.79 Å². The zero-order valence-corrected chi connectivity index (χ0v) is 15.6. The Morgan fingerprint density at radius 3 is 2.54 bits per heavy atom. The monoisotopic (exact) mass is 352 g/mol. The maximum Gasteiger partial charge on any atom is 0.226 e. The standard InChI is InChI=1S/C21H28N4O/c1-24-15-18(16-10-12-22-13-11-16)20(23-24)19-9-5-6-14-25(19)21(26)17-7-3-2-4-8-17/h10-13,15,17,19H,2-9,14H2,1H3. The van der Waals surface area contributed by atoms with Crippen molar-refractivity contribution in [2.45, 2.75) is 57.4 Å². The van der Waals surface area contributed by atoms with Gasteiger partial charge >= 0.3 is 0 Å². The molecule has 4 rings (SSSR count). The lowest BCUT2D eigenvalue weighted by Gasteiger charge is -2.38. The average Bonchev–Trinajstić information content (AvgIpc) is 3.10. The van der Waals surface area contributed by atoms with Crippen LogP contribution in [0, 0.1) is 5.92 Å². The molecule has 2 aromatic heterocycles. The third kappa shape index (κ3) is 3.39. The van der Waals surface area contributed by atoms with E-state index in [0.29, 0.717) is 5.91 Å². The van der Waals surface area contributed by atoms with E-state index in [1.807, 2.05) is 36.3 Å². The van der Waals surface area contributed by atoms with E-state index >= 15 is 0 Å². The molecular weight excluding hydrogens is 324 g/mol. The molecule has 1 unspecified atom stereocenters. The quantitative estimate of drug-likeness (QED) is 0.835. The number of nitrogens with zero attached hydrogens (tertiary/aromatic N) is 4. The van der Waals surface area contributed by atoms with Crippen LogP contribution in [-0.2, 0) is 11.8 Å². The minimum Gasteiger partial charge on any atom is -0.334 e. The van der Waals surface area contributed by atoms with Crippen LogP contribution in [0.15, 0.2) is 30.7 Å². The van der Waals surface area contributed by atoms with Crippen molar-refractivity contribution in [1.82, 2.24) is 19.7 Å². The molecule has 1 amide bonds. The zero-order chi connectivity index (χ0) is 17.9. The molecule has 0 spiro atoms. The van der Waals surface area contributed by atoms with Crippen molar-refractivity contribution in [3.05, 3.63) is 36.4 Å². The lowest BCUT2D eigenvalue weighted by Crippen LogP contribution is -2.42. The fraction of sp³-hybridized carbons (Fsp3) is 0.571. The summed E-state index contributed by atoms with van der Waals surface area (Å²) < 4.78 is 1.88. The smallest absolute Gasteiger partial charge is 0.226 e. The fourth-order valence-electron chi connectivity index (χ4n) is 4.57. The molecule has 2 fully saturated rings. The Morgan fingerprint density at radius 1 is 1.04 bits per heavy atom. The van der Waals surface area contributed by atoms with Crippen LogP contribution in [0.1, 0.15) is 63.1 Å². The summed E-state index contributed by atoms with van der Waals surface area (Å²) in [5.74, 6) is 0.582. The number of hydrogen-bond acceptors (Lipinski definition) is 3. The molecule has 2 aromatic rings. The molecule has 26 heavy (non-hydrogen) atoms. The number of piperidine rings is 1. The summed E-state index contributed by atoms with van der Waals surface area (Å²) in [5.41, 5.74) is 3.30. The summed E-state index contributed by atoms with van der Waals surface area (Å²) in [6.07, 6.45) is 14.8. The second-order valence-electron chi connectivity index (χ2n) is 7.72. The maximum absolute atomic E-state index is 13.3. The molecular formula is C21H28N4O. The molecule has 0 bridgehead atoms. The predicted molar refractivity (Wildman–Crippen MR) is 101 cm³/mol. The van der Waals surface area contributed by atoms with Gasteiger partial charge in [0.15, 0.2) is 0 Å². The number of rotatable bonds is 3. The summed E-state index contributed by atoms with van der Waals surface area (Å²) in [5, 5.41) is 4.79. The Bertz CT molecular complexity index is 749. The van der Waals surface area contributed by atoms with Gasteiger partial charge in [-0.15, -0.1) is 0 Å². The minimum atomic E-state index is 0.0996. The number of aryl methyl sites for hydroxylation is 1. The van der Waals surface area contributed by atoms with Crippen LogP contribution < -0.4 is 0 Å². The van der Waals surface area contributed by atoms with E-state index in [0.717, 1.165) is 55.5 Å². The number of amides is 1. The maximum atomic E-state index is 13.3. The predicted octanol–water partition coefficient (Wildman–Crippen LogP) is 4.12. The van der Waals surface area contributed by atoms with Gasteiger partial charge in [-0.2, -0.15) is 5.10 Å². The SMILES string of the molecule is Cn1cc(-c2ccncc2)c(C2CCCCN2C(=O)C2CCCCC2)n1. The van der Waals surface area contributed by atoms with E-state index in [2.05, 4.69) is 16.1 Å². The molecule has 2 aliphatic rings. The number of aromatic nitrogens is 3. The molecule has 1 aliphatic heterocycles. The van der Waals surface area contributed by atoms with E-state index in [1.165, 1.54) is 19.3 Å². The Labute approximate surface area is 155 Å². The summed E-state index contributed by atoms with van der Waals surface area (Å²) in [4.78, 5) is 19.6. The van der Waals surface area contributed by atoms with E-state index in [-0.39, 0.29) is 12.0 Å². The van der Waals surface area contributed by atoms with Gasteiger partial charge in [0.25, 0.3) is 0 Å². The molecule has 1 saturated heterocycles. The van der Waals surface area contributed by atoms with Gasteiger partial charge in [-0.05, 0) is 49.8 Å². The van der Waals surface area contributed by atoms with Crippen molar-refractivity contribution in [2.24, 2.45) is 13.0 Å². The summed E-state index contributed by atoms with van der Waals surface area (Å²) in [6, 6.07) is 4.15. The third-order valence-electron chi connectivity index (χ3n) is 5.90. The summed E-state index contributed by atoms with van der Waals surface area (Å²) >= 11 is 0. The highest BCUT2D eigenvalue weighted by Gasteiger charge is 2.35. The Morgan fingerprint density at radius 2 is 1.77 bits per heavy atom. The lowest BCUT2D eigenvalue weighted by molar-refractivity contribution is -0.140. The van der Waals surface area contributed by atoms with Crippen LogP contribution in [0.5, 0.6) is 0 Å². The van der Waals surface area contributed by atoms with Gasteiger partial charge in [-0.3, -0.25) is 14.5 Å². The van der Waals surface area contributed by atoms with E-state index in [9.17, 15) is 4.79 Å². The van der Waals surface area contributed by atoms with Gasteiger partial charge in [-0.1, -0.05) is 19.3 Å². The first kappa shape index (κ1) is 17.3. The molecule has 138 valence electrons. The molecule has 5 heteroatoms. The molecule has 0 aromatic carbocycles. The van der Waals surface area contributed by atoms with Crippen molar-refractivity contribution in [3.63, 3.8) is 0 Å². The summed E-state index contributed by atoms with van der Waals surface area (Å²) in [6.45, 7) is 0.867. The van der Waals surface area contributed by atoms with Crippen LogP contribution >= 0.6 is 0 Å². The van der Waals surface area contributed by atoms with Crippen LogP contribution in [0.25, 0.3) is 11.1 Å². The number of pyridine rings is 1. The first-order valence-electron chi connectivity index (χ1n) is 9.98. The van der Waals surface area contributed by atoms with Crippen LogP contribution in [-0.4, -0.2) is 32.1 Å². The van der Waals surface area contributed by atoms with Crippen molar-refractivity contribution in [2.75, 3.05) is 6.54 Å². The first-order valence-corrected chi connectivity index (χ1v) is 9.98. The van der Waals surface area contributed by atoms with Gasteiger partial charge in [-0.25, -0.2) is 0 Å². The Balaban J connectivity index is 1.66. The van der Waals surface area contributed by atoms with Crippen molar-refractivity contribution >= 4 is 5.91 Å². The molecule has 5 nitrogen and oxygen atoms in total. The normalized spacial score (nSPS) is 21.7. The number of carbonyl (C=O) groups is 1. The van der Waals surface area contributed by atoms with Crippen LogP contribution in [0.3, 0.4) is 0 Å². The van der Waals surface area contributed by atoms with E-state index in [1.54, 1.807) is 0 Å². The van der Waals surface area contributed by atoms with Crippen molar-refractivity contribution in [3.8, 4) is 11.1 Å². The van der Waals surface area contributed by atoms with Crippen molar-refractivity contribution in [1.29, 1.82) is 0 Å². The fourth-order valence-corrected chi connectivity index (χ4v) is 4.57. The molecule has 3 heterocycles. The topological polar surface area (TPSA) is 51.0 Å². The Hall–Kier alpha value is -2.17. The molecule has 0 radical (unpaired) electrons. The minimum absolute atomic E-state index is 0.0996. The van der Waals surface area contributed by atoms with Gasteiger partial charge in [0.1, 0.15) is 0 Å². The van der Waals surface area contributed by atoms with Gasteiger partial charge in [0.05, 0.1) is 11.7 Å². The lowest BCUT2D eigenvalue weighted by atomic mass is 9.86. The summed E-state index contributed by atoms with van der Waals surface area (Å²) in [7, 11) is 1.96. The number of hydrogen-bond donors (Lipinski definition) is 0. The highest BCUT2D eigenvalue weighted by Crippen LogP contribution is 2.38. The first-order chi connectivity index (χ1) is 12.7. The molecule has 1 atom stereocenters.